The summed E-state index contributed by atoms with van der Waals surface area (Å²) < 4.78 is 11.0. The molecule has 0 bridgehead atoms. The molecule has 1 atom stereocenters. The Morgan fingerprint density at radius 2 is 1.91 bits per heavy atom. The number of hydrogen-bond acceptors (Lipinski definition) is 3. The van der Waals surface area contributed by atoms with Crippen molar-refractivity contribution in [3.63, 3.8) is 0 Å². The summed E-state index contributed by atoms with van der Waals surface area (Å²) in [4.78, 5) is 12.0. The number of nitrogens with one attached hydrogen (secondary N) is 1. The minimum Gasteiger partial charge on any atom is -0.492 e. The Morgan fingerprint density at radius 3 is 2.61 bits per heavy atom. The van der Waals surface area contributed by atoms with Gasteiger partial charge in [0.05, 0.1) is 11.6 Å². The first-order valence-corrected chi connectivity index (χ1v) is 7.89. The summed E-state index contributed by atoms with van der Waals surface area (Å²) in [6.07, 6.45) is -0.676. The van der Waals surface area contributed by atoms with Crippen LogP contribution < -0.4 is 14.8 Å². The monoisotopic (exact) mass is 353 g/mol. The lowest BCUT2D eigenvalue weighted by Crippen LogP contribution is -2.38. The number of halogens is 2. The van der Waals surface area contributed by atoms with Gasteiger partial charge in [-0.25, -0.2) is 0 Å². The third-order valence-electron chi connectivity index (χ3n) is 2.98. The summed E-state index contributed by atoms with van der Waals surface area (Å²) in [6.45, 7) is 2.41. The maximum Gasteiger partial charge on any atom is 0.260 e. The molecule has 2 aromatic carbocycles. The molecule has 122 valence electrons. The quantitative estimate of drug-likeness (QED) is 0.766. The van der Waals surface area contributed by atoms with Crippen molar-refractivity contribution in [2.24, 2.45) is 0 Å². The van der Waals surface area contributed by atoms with Crippen LogP contribution in [0.15, 0.2) is 48.5 Å². The highest BCUT2D eigenvalue weighted by molar-refractivity contribution is 6.35. The summed E-state index contributed by atoms with van der Waals surface area (Å²) >= 11 is 11.8. The fourth-order valence-corrected chi connectivity index (χ4v) is 2.27. The topological polar surface area (TPSA) is 47.6 Å². The van der Waals surface area contributed by atoms with Crippen molar-refractivity contribution in [3.8, 4) is 11.5 Å². The zero-order valence-electron chi connectivity index (χ0n) is 12.6. The normalized spacial score (nSPS) is 11.6. The SMILES string of the molecule is CC(Oc1ccc(Cl)cc1Cl)C(=O)NCCOc1ccccc1. The highest BCUT2D eigenvalue weighted by Gasteiger charge is 2.15. The van der Waals surface area contributed by atoms with Crippen LogP contribution in [0.2, 0.25) is 10.0 Å². The molecule has 0 aromatic heterocycles. The van der Waals surface area contributed by atoms with Crippen molar-refractivity contribution < 1.29 is 14.3 Å². The van der Waals surface area contributed by atoms with Gasteiger partial charge >= 0.3 is 0 Å². The number of rotatable bonds is 7. The average molecular weight is 354 g/mol. The first-order valence-electron chi connectivity index (χ1n) is 7.13. The highest BCUT2D eigenvalue weighted by atomic mass is 35.5. The number of amides is 1. The second-order valence-corrected chi connectivity index (χ2v) is 5.63. The maximum atomic E-state index is 12.0. The molecule has 1 amide bonds. The molecule has 0 saturated carbocycles. The smallest absolute Gasteiger partial charge is 0.260 e. The van der Waals surface area contributed by atoms with Gasteiger partial charge in [0, 0.05) is 5.02 Å². The van der Waals surface area contributed by atoms with Gasteiger partial charge < -0.3 is 14.8 Å². The highest BCUT2D eigenvalue weighted by Crippen LogP contribution is 2.28. The van der Waals surface area contributed by atoms with E-state index in [4.69, 9.17) is 32.7 Å². The average Bonchev–Trinajstić information content (AvgIpc) is 2.55. The molecule has 0 radical (unpaired) electrons. The van der Waals surface area contributed by atoms with Crippen LogP contribution in [-0.4, -0.2) is 25.2 Å². The van der Waals surface area contributed by atoms with E-state index in [1.807, 2.05) is 30.3 Å². The third-order valence-corrected chi connectivity index (χ3v) is 3.51. The van der Waals surface area contributed by atoms with Gasteiger partial charge in [-0.15, -0.1) is 0 Å². The van der Waals surface area contributed by atoms with Gasteiger partial charge in [0.1, 0.15) is 18.1 Å². The van der Waals surface area contributed by atoms with E-state index in [0.717, 1.165) is 5.75 Å². The molecule has 1 N–H and O–H groups in total. The Kier molecular flexibility index (Phi) is 6.56. The Morgan fingerprint density at radius 1 is 1.17 bits per heavy atom. The maximum absolute atomic E-state index is 12.0. The Hall–Kier alpha value is -1.91. The zero-order valence-corrected chi connectivity index (χ0v) is 14.1. The second-order valence-electron chi connectivity index (χ2n) is 4.79. The van der Waals surface area contributed by atoms with Crippen LogP contribution in [0.1, 0.15) is 6.92 Å². The van der Waals surface area contributed by atoms with Crippen LogP contribution >= 0.6 is 23.2 Å². The van der Waals surface area contributed by atoms with Crippen molar-refractivity contribution in [1.82, 2.24) is 5.32 Å². The molecule has 0 aliphatic carbocycles. The van der Waals surface area contributed by atoms with Crippen molar-refractivity contribution >= 4 is 29.1 Å². The number of carbonyl (C=O) groups excluding carboxylic acids is 1. The number of benzene rings is 2. The standard InChI is InChI=1S/C17H17Cl2NO3/c1-12(23-16-8-7-13(18)11-15(16)19)17(21)20-9-10-22-14-5-3-2-4-6-14/h2-8,11-12H,9-10H2,1H3,(H,20,21). The van der Waals surface area contributed by atoms with Crippen molar-refractivity contribution in [2.45, 2.75) is 13.0 Å². The third kappa shape index (κ3) is 5.66. The van der Waals surface area contributed by atoms with Gasteiger partial charge in [-0.1, -0.05) is 41.4 Å². The van der Waals surface area contributed by atoms with Crippen LogP contribution in [0.25, 0.3) is 0 Å². The van der Waals surface area contributed by atoms with Crippen LogP contribution in [0.3, 0.4) is 0 Å². The molecule has 1 unspecified atom stereocenters. The van der Waals surface area contributed by atoms with Gasteiger partial charge in [-0.05, 0) is 37.3 Å². The minimum absolute atomic E-state index is 0.243. The first kappa shape index (κ1) is 17.4. The predicted molar refractivity (Wildman–Crippen MR) is 91.5 cm³/mol. The molecule has 4 nitrogen and oxygen atoms in total. The lowest BCUT2D eigenvalue weighted by atomic mass is 10.3. The van der Waals surface area contributed by atoms with E-state index in [-0.39, 0.29) is 5.91 Å². The molecule has 0 saturated heterocycles. The lowest BCUT2D eigenvalue weighted by Gasteiger charge is -2.16. The molecule has 2 rings (SSSR count). The van der Waals surface area contributed by atoms with E-state index in [1.165, 1.54) is 0 Å². The summed E-state index contributed by atoms with van der Waals surface area (Å²) in [5, 5.41) is 3.62. The van der Waals surface area contributed by atoms with Crippen LogP contribution in [0.5, 0.6) is 11.5 Å². The summed E-state index contributed by atoms with van der Waals surface area (Å²) in [6, 6.07) is 14.3. The molecular formula is C17H17Cl2NO3. The van der Waals surface area contributed by atoms with Gasteiger partial charge in [0.15, 0.2) is 6.10 Å². The summed E-state index contributed by atoms with van der Waals surface area (Å²) in [5.74, 6) is 0.936. The van der Waals surface area contributed by atoms with E-state index in [9.17, 15) is 4.79 Å². The number of hydrogen-bond donors (Lipinski definition) is 1. The number of ether oxygens (including phenoxy) is 2. The minimum atomic E-state index is -0.676. The van der Waals surface area contributed by atoms with E-state index in [1.54, 1.807) is 25.1 Å². The van der Waals surface area contributed by atoms with Crippen LogP contribution in [0, 0.1) is 0 Å². The van der Waals surface area contributed by atoms with Gasteiger partial charge in [-0.3, -0.25) is 4.79 Å². The molecule has 2 aromatic rings. The van der Waals surface area contributed by atoms with E-state index in [0.29, 0.717) is 28.9 Å². The molecule has 23 heavy (non-hydrogen) atoms. The molecule has 0 fully saturated rings. The van der Waals surface area contributed by atoms with E-state index in [2.05, 4.69) is 5.32 Å². The molecule has 6 heteroatoms. The van der Waals surface area contributed by atoms with Gasteiger partial charge in [0.25, 0.3) is 5.91 Å². The van der Waals surface area contributed by atoms with Gasteiger partial charge in [0.2, 0.25) is 0 Å². The number of para-hydroxylation sites is 1. The molecule has 0 spiro atoms. The fraction of sp³-hybridized carbons (Fsp3) is 0.235. The molecular weight excluding hydrogens is 337 g/mol. The lowest BCUT2D eigenvalue weighted by molar-refractivity contribution is -0.127. The molecule has 0 aliphatic rings. The summed E-state index contributed by atoms with van der Waals surface area (Å²) in [5.41, 5.74) is 0. The fourth-order valence-electron chi connectivity index (χ4n) is 1.82. The van der Waals surface area contributed by atoms with Gasteiger partial charge in [-0.2, -0.15) is 0 Å². The predicted octanol–water partition coefficient (Wildman–Crippen LogP) is 3.96. The Labute approximate surface area is 145 Å². The van der Waals surface area contributed by atoms with Crippen LogP contribution in [0.4, 0.5) is 0 Å². The number of carbonyl (C=O) groups is 1. The largest absolute Gasteiger partial charge is 0.492 e. The van der Waals surface area contributed by atoms with E-state index < -0.39 is 6.10 Å². The van der Waals surface area contributed by atoms with Crippen molar-refractivity contribution in [3.05, 3.63) is 58.6 Å². The van der Waals surface area contributed by atoms with Crippen molar-refractivity contribution in [2.75, 3.05) is 13.2 Å². The molecule has 0 heterocycles. The Bertz CT molecular complexity index is 650. The zero-order chi connectivity index (χ0) is 16.7. The molecule has 0 aliphatic heterocycles. The van der Waals surface area contributed by atoms with E-state index >= 15 is 0 Å². The summed E-state index contributed by atoms with van der Waals surface area (Å²) in [7, 11) is 0. The first-order chi connectivity index (χ1) is 11.1. The van der Waals surface area contributed by atoms with Crippen molar-refractivity contribution in [1.29, 1.82) is 0 Å². The van der Waals surface area contributed by atoms with Crippen LogP contribution in [-0.2, 0) is 4.79 Å². The Balaban J connectivity index is 1.74. The second kappa shape index (κ2) is 8.65.